The third-order valence-corrected chi connectivity index (χ3v) is 4.68. The molecule has 0 bridgehead atoms. The molecule has 1 aromatic heterocycles. The van der Waals surface area contributed by atoms with E-state index in [-0.39, 0.29) is 28.3 Å². The molecular formula is C19H16ClN7O5. The molecule has 0 saturated heterocycles. The lowest BCUT2D eigenvalue weighted by Gasteiger charge is -2.16. The van der Waals surface area contributed by atoms with E-state index in [1.165, 1.54) is 12.1 Å². The molecular weight excluding hydrogens is 442 g/mol. The lowest BCUT2D eigenvalue weighted by molar-refractivity contribution is -0.384. The molecule has 0 saturated carbocycles. The van der Waals surface area contributed by atoms with Crippen LogP contribution in [0.5, 0.6) is 0 Å². The second-order valence-corrected chi connectivity index (χ2v) is 6.86. The molecule has 3 rings (SSSR count). The standard InChI is InChI=1S/C19H16ClN7O5/c1-11(12-5-3-2-4-6-12)23-17-16(27(31)32)18(22-10-21-17)24-25-19(28)13-7-8-14(20)15(9-13)26(29)30/h2-11H,1H3,(H,25,28)(H2,21,22,23,24). The van der Waals surface area contributed by atoms with Gasteiger partial charge in [0.1, 0.15) is 11.3 Å². The number of nitrogens with zero attached hydrogens (tertiary/aromatic N) is 4. The number of hydrazine groups is 1. The molecule has 2 aromatic carbocycles. The Kier molecular flexibility index (Phi) is 6.75. The lowest BCUT2D eigenvalue weighted by atomic mass is 10.1. The van der Waals surface area contributed by atoms with Crippen molar-refractivity contribution in [3.05, 3.63) is 91.2 Å². The zero-order valence-corrected chi connectivity index (χ0v) is 17.2. The van der Waals surface area contributed by atoms with Crippen LogP contribution in [0.15, 0.2) is 54.9 Å². The molecule has 0 spiro atoms. The van der Waals surface area contributed by atoms with Crippen molar-refractivity contribution in [3.63, 3.8) is 0 Å². The molecule has 0 aliphatic heterocycles. The number of rotatable bonds is 8. The zero-order valence-electron chi connectivity index (χ0n) is 16.5. The summed E-state index contributed by atoms with van der Waals surface area (Å²) in [7, 11) is 0. The number of hydrogen-bond acceptors (Lipinski definition) is 9. The fourth-order valence-electron chi connectivity index (χ4n) is 2.76. The van der Waals surface area contributed by atoms with E-state index in [2.05, 4.69) is 26.1 Å². The quantitative estimate of drug-likeness (QED) is 0.336. The average molecular weight is 458 g/mol. The number of nitro groups is 2. The molecule has 32 heavy (non-hydrogen) atoms. The van der Waals surface area contributed by atoms with Crippen LogP contribution in [-0.2, 0) is 0 Å². The van der Waals surface area contributed by atoms with Crippen molar-refractivity contribution in [2.45, 2.75) is 13.0 Å². The van der Waals surface area contributed by atoms with Crippen LogP contribution in [0.4, 0.5) is 23.0 Å². The first kappa shape index (κ1) is 22.4. The first-order valence-electron chi connectivity index (χ1n) is 9.09. The zero-order chi connectivity index (χ0) is 23.3. The smallest absolute Gasteiger partial charge is 0.354 e. The first-order chi connectivity index (χ1) is 15.3. The summed E-state index contributed by atoms with van der Waals surface area (Å²) in [5, 5.41) is 25.5. The summed E-state index contributed by atoms with van der Waals surface area (Å²) in [5.74, 6) is -1.12. The fraction of sp³-hybridized carbons (Fsp3) is 0.105. The monoisotopic (exact) mass is 457 g/mol. The summed E-state index contributed by atoms with van der Waals surface area (Å²) < 4.78 is 0. The Morgan fingerprint density at radius 2 is 1.72 bits per heavy atom. The topological polar surface area (TPSA) is 165 Å². The fourth-order valence-corrected chi connectivity index (χ4v) is 2.95. The molecule has 0 radical (unpaired) electrons. The van der Waals surface area contributed by atoms with Gasteiger partial charge in [0.05, 0.1) is 15.9 Å². The molecule has 1 atom stereocenters. The summed E-state index contributed by atoms with van der Waals surface area (Å²) in [6, 6.07) is 12.4. The number of nitro benzene ring substituents is 1. The number of carbonyl (C=O) groups is 1. The van der Waals surface area contributed by atoms with Crippen LogP contribution in [0, 0.1) is 20.2 Å². The van der Waals surface area contributed by atoms with Gasteiger partial charge in [0.2, 0.25) is 11.6 Å². The SMILES string of the molecule is CC(Nc1ncnc(NNC(=O)c2ccc(Cl)c([N+](=O)[O-])c2)c1[N+](=O)[O-])c1ccccc1. The summed E-state index contributed by atoms with van der Waals surface area (Å²) in [6.45, 7) is 1.81. The Bertz CT molecular complexity index is 1180. The normalized spacial score (nSPS) is 11.3. The van der Waals surface area contributed by atoms with Crippen molar-refractivity contribution in [3.8, 4) is 0 Å². The second kappa shape index (κ2) is 9.66. The maximum atomic E-state index is 12.4. The Morgan fingerprint density at radius 3 is 2.38 bits per heavy atom. The summed E-state index contributed by atoms with van der Waals surface area (Å²) >= 11 is 5.74. The molecule has 3 N–H and O–H groups in total. The van der Waals surface area contributed by atoms with Gasteiger partial charge in [0.25, 0.3) is 11.6 Å². The average Bonchev–Trinajstić information content (AvgIpc) is 2.78. The van der Waals surface area contributed by atoms with Gasteiger partial charge >= 0.3 is 5.69 Å². The molecule has 13 heteroatoms. The van der Waals surface area contributed by atoms with Crippen molar-refractivity contribution in [1.82, 2.24) is 15.4 Å². The highest BCUT2D eigenvalue weighted by molar-refractivity contribution is 6.32. The first-order valence-corrected chi connectivity index (χ1v) is 9.47. The number of aromatic nitrogens is 2. The van der Waals surface area contributed by atoms with E-state index in [1.54, 1.807) is 0 Å². The van der Waals surface area contributed by atoms with Gasteiger partial charge < -0.3 is 5.32 Å². The summed E-state index contributed by atoms with van der Waals surface area (Å²) in [4.78, 5) is 41.4. The van der Waals surface area contributed by atoms with E-state index in [4.69, 9.17) is 11.6 Å². The van der Waals surface area contributed by atoms with Crippen LogP contribution in [0.2, 0.25) is 5.02 Å². The van der Waals surface area contributed by atoms with E-state index in [0.717, 1.165) is 18.0 Å². The van der Waals surface area contributed by atoms with E-state index in [1.807, 2.05) is 37.3 Å². The Balaban J connectivity index is 1.80. The van der Waals surface area contributed by atoms with Crippen molar-refractivity contribution >= 4 is 40.5 Å². The lowest BCUT2D eigenvalue weighted by Crippen LogP contribution is -2.30. The van der Waals surface area contributed by atoms with E-state index in [0.29, 0.717) is 0 Å². The number of hydrogen-bond donors (Lipinski definition) is 3. The predicted octanol–water partition coefficient (Wildman–Crippen LogP) is 3.88. The molecule has 12 nitrogen and oxygen atoms in total. The summed E-state index contributed by atoms with van der Waals surface area (Å²) in [6.07, 6.45) is 1.09. The highest BCUT2D eigenvalue weighted by atomic mass is 35.5. The van der Waals surface area contributed by atoms with Gasteiger partial charge in [0, 0.05) is 11.6 Å². The highest BCUT2D eigenvalue weighted by Crippen LogP contribution is 2.31. The van der Waals surface area contributed by atoms with Crippen LogP contribution >= 0.6 is 11.6 Å². The maximum Gasteiger partial charge on any atom is 0.354 e. The Morgan fingerprint density at radius 1 is 1.03 bits per heavy atom. The summed E-state index contributed by atoms with van der Waals surface area (Å²) in [5.41, 5.74) is 4.47. The van der Waals surface area contributed by atoms with E-state index >= 15 is 0 Å². The van der Waals surface area contributed by atoms with Crippen molar-refractivity contribution < 1.29 is 14.6 Å². The van der Waals surface area contributed by atoms with Crippen LogP contribution in [0.3, 0.4) is 0 Å². The largest absolute Gasteiger partial charge is 0.358 e. The van der Waals surface area contributed by atoms with Crippen molar-refractivity contribution in [1.29, 1.82) is 0 Å². The van der Waals surface area contributed by atoms with Gasteiger partial charge in [-0.1, -0.05) is 41.9 Å². The van der Waals surface area contributed by atoms with Crippen LogP contribution in [0.25, 0.3) is 0 Å². The van der Waals surface area contributed by atoms with Gasteiger partial charge in [-0.25, -0.2) is 9.97 Å². The number of carbonyl (C=O) groups excluding carboxylic acids is 1. The minimum atomic E-state index is -0.787. The van der Waals surface area contributed by atoms with Crippen molar-refractivity contribution in [2.75, 3.05) is 10.7 Å². The van der Waals surface area contributed by atoms with Gasteiger partial charge in [-0.15, -0.1) is 0 Å². The number of nitrogens with one attached hydrogen (secondary N) is 3. The minimum absolute atomic E-state index is 0.0553. The molecule has 164 valence electrons. The molecule has 3 aromatic rings. The molecule has 0 fully saturated rings. The Hall–Kier alpha value is -4.32. The number of amides is 1. The van der Waals surface area contributed by atoms with Gasteiger partial charge in [-0.05, 0) is 24.6 Å². The van der Waals surface area contributed by atoms with Gasteiger partial charge in [-0.2, -0.15) is 0 Å². The number of halogens is 1. The predicted molar refractivity (Wildman–Crippen MR) is 116 cm³/mol. The van der Waals surface area contributed by atoms with E-state index < -0.39 is 27.1 Å². The van der Waals surface area contributed by atoms with E-state index in [9.17, 15) is 25.0 Å². The molecule has 0 aliphatic carbocycles. The third kappa shape index (κ3) is 5.05. The second-order valence-electron chi connectivity index (χ2n) is 6.46. The molecule has 1 amide bonds. The maximum absolute atomic E-state index is 12.4. The number of anilines is 2. The van der Waals surface area contributed by atoms with Crippen molar-refractivity contribution in [2.24, 2.45) is 0 Å². The molecule has 1 heterocycles. The van der Waals surface area contributed by atoms with Gasteiger partial charge in [-0.3, -0.25) is 35.9 Å². The number of benzene rings is 2. The molecule has 1 unspecified atom stereocenters. The highest BCUT2D eigenvalue weighted by Gasteiger charge is 2.25. The van der Waals surface area contributed by atoms with Crippen LogP contribution in [0.1, 0.15) is 28.9 Å². The van der Waals surface area contributed by atoms with Gasteiger partial charge in [0.15, 0.2) is 0 Å². The van der Waals surface area contributed by atoms with Crippen LogP contribution < -0.4 is 16.2 Å². The molecule has 0 aliphatic rings. The minimum Gasteiger partial charge on any atom is -0.358 e. The third-order valence-electron chi connectivity index (χ3n) is 4.36. The Labute approximate surface area is 185 Å². The van der Waals surface area contributed by atoms with Crippen LogP contribution in [-0.4, -0.2) is 25.7 Å².